The third-order valence-corrected chi connectivity index (χ3v) is 4.06. The quantitative estimate of drug-likeness (QED) is 0.627. The molecule has 0 aliphatic rings. The fourth-order valence-electron chi connectivity index (χ4n) is 2.75. The van der Waals surface area contributed by atoms with Crippen molar-refractivity contribution >= 4 is 10.9 Å². The Balaban J connectivity index is 1.75. The fourth-order valence-corrected chi connectivity index (χ4v) is 2.75. The van der Waals surface area contributed by atoms with Crippen LogP contribution in [0.3, 0.4) is 0 Å². The Bertz CT molecular complexity index is 1080. The van der Waals surface area contributed by atoms with Gasteiger partial charge in [-0.3, -0.25) is 9.89 Å². The Morgan fingerprint density at radius 3 is 2.75 bits per heavy atom. The van der Waals surface area contributed by atoms with Gasteiger partial charge in [-0.1, -0.05) is 30.3 Å². The minimum Gasteiger partial charge on any atom is -0.310 e. The highest BCUT2D eigenvalue weighted by Gasteiger charge is 2.06. The first-order valence-corrected chi connectivity index (χ1v) is 7.58. The summed E-state index contributed by atoms with van der Waals surface area (Å²) in [5.74, 6) is -0.311. The molecule has 24 heavy (non-hydrogen) atoms. The topological polar surface area (TPSA) is 50.7 Å². The maximum Gasteiger partial charge on any atom is 0.250 e. The highest BCUT2D eigenvalue weighted by molar-refractivity contribution is 5.83. The molecule has 4 rings (SSSR count). The van der Waals surface area contributed by atoms with Gasteiger partial charge in [0, 0.05) is 23.2 Å². The van der Waals surface area contributed by atoms with Crippen LogP contribution in [0.5, 0.6) is 0 Å². The first kappa shape index (κ1) is 14.4. The van der Waals surface area contributed by atoms with Crippen LogP contribution in [-0.4, -0.2) is 14.8 Å². The Hall–Kier alpha value is -3.21. The number of H-pyrrole nitrogens is 1. The Morgan fingerprint density at radius 1 is 1.04 bits per heavy atom. The Kier molecular flexibility index (Phi) is 3.46. The minimum atomic E-state index is -0.311. The highest BCUT2D eigenvalue weighted by Crippen LogP contribution is 2.22. The maximum atomic E-state index is 13.8. The third kappa shape index (κ3) is 2.60. The van der Waals surface area contributed by atoms with Crippen LogP contribution in [0.25, 0.3) is 22.0 Å². The van der Waals surface area contributed by atoms with Gasteiger partial charge in [0.15, 0.2) is 0 Å². The summed E-state index contributed by atoms with van der Waals surface area (Å²) >= 11 is 0. The minimum absolute atomic E-state index is 0.162. The van der Waals surface area contributed by atoms with Gasteiger partial charge in [0.05, 0.1) is 18.3 Å². The number of hydrogen-bond donors (Lipinski definition) is 1. The van der Waals surface area contributed by atoms with E-state index in [2.05, 4.69) is 10.2 Å². The molecular formula is C19H14FN3O. The van der Waals surface area contributed by atoms with Crippen molar-refractivity contribution in [3.63, 3.8) is 0 Å². The van der Waals surface area contributed by atoms with E-state index >= 15 is 0 Å². The third-order valence-electron chi connectivity index (χ3n) is 4.06. The van der Waals surface area contributed by atoms with E-state index in [4.69, 9.17) is 0 Å². The summed E-state index contributed by atoms with van der Waals surface area (Å²) in [4.78, 5) is 12.1. The van der Waals surface area contributed by atoms with Gasteiger partial charge in [-0.2, -0.15) is 5.10 Å². The van der Waals surface area contributed by atoms with Crippen LogP contribution in [0.4, 0.5) is 4.39 Å². The van der Waals surface area contributed by atoms with Gasteiger partial charge in [-0.15, -0.1) is 0 Å². The molecule has 2 heterocycles. The monoisotopic (exact) mass is 319 g/mol. The molecule has 5 heteroatoms. The van der Waals surface area contributed by atoms with Crippen LogP contribution < -0.4 is 5.56 Å². The van der Waals surface area contributed by atoms with Gasteiger partial charge >= 0.3 is 0 Å². The van der Waals surface area contributed by atoms with Crippen LogP contribution in [0.1, 0.15) is 5.56 Å². The smallest absolute Gasteiger partial charge is 0.250 e. The second kappa shape index (κ2) is 5.77. The highest BCUT2D eigenvalue weighted by atomic mass is 19.1. The normalized spacial score (nSPS) is 11.0. The van der Waals surface area contributed by atoms with Crippen LogP contribution in [-0.2, 0) is 6.54 Å². The number of pyridine rings is 1. The number of halogens is 1. The van der Waals surface area contributed by atoms with Gasteiger partial charge < -0.3 is 4.57 Å². The summed E-state index contributed by atoms with van der Waals surface area (Å²) in [6.07, 6.45) is 3.52. The zero-order valence-electron chi connectivity index (χ0n) is 12.7. The van der Waals surface area contributed by atoms with Gasteiger partial charge in [-0.05, 0) is 29.3 Å². The Morgan fingerprint density at radius 2 is 1.88 bits per heavy atom. The lowest BCUT2D eigenvalue weighted by atomic mass is 10.1. The first-order chi connectivity index (χ1) is 11.7. The molecule has 0 spiro atoms. The molecule has 2 aromatic heterocycles. The Labute approximate surface area is 137 Å². The summed E-state index contributed by atoms with van der Waals surface area (Å²) in [6, 6.07) is 15.7. The van der Waals surface area contributed by atoms with Crippen LogP contribution >= 0.6 is 0 Å². The van der Waals surface area contributed by atoms with E-state index in [1.807, 2.05) is 18.2 Å². The average molecular weight is 319 g/mol. The lowest BCUT2D eigenvalue weighted by molar-refractivity contribution is 0.596. The molecule has 0 unspecified atom stereocenters. The van der Waals surface area contributed by atoms with Gasteiger partial charge in [0.1, 0.15) is 5.82 Å². The first-order valence-electron chi connectivity index (χ1n) is 7.58. The van der Waals surface area contributed by atoms with E-state index in [1.165, 1.54) is 16.7 Å². The van der Waals surface area contributed by atoms with Crippen LogP contribution in [0, 0.1) is 5.82 Å². The van der Waals surface area contributed by atoms with Crippen molar-refractivity contribution in [2.75, 3.05) is 0 Å². The molecule has 118 valence electrons. The zero-order valence-corrected chi connectivity index (χ0v) is 12.7. The van der Waals surface area contributed by atoms with Gasteiger partial charge in [-0.25, -0.2) is 4.39 Å². The molecule has 4 nitrogen and oxygen atoms in total. The second-order valence-corrected chi connectivity index (χ2v) is 5.65. The molecule has 2 aromatic carbocycles. The second-order valence-electron chi connectivity index (χ2n) is 5.65. The lowest BCUT2D eigenvalue weighted by Gasteiger charge is -2.09. The predicted molar refractivity (Wildman–Crippen MR) is 91.3 cm³/mol. The molecule has 0 aliphatic carbocycles. The summed E-state index contributed by atoms with van der Waals surface area (Å²) in [7, 11) is 0. The average Bonchev–Trinajstić information content (AvgIpc) is 3.06. The van der Waals surface area contributed by atoms with Gasteiger partial charge in [0.25, 0.3) is 5.56 Å². The van der Waals surface area contributed by atoms with E-state index < -0.39 is 0 Å². The summed E-state index contributed by atoms with van der Waals surface area (Å²) < 4.78 is 15.4. The number of aromatic nitrogens is 3. The molecule has 4 aromatic rings. The number of hydrogen-bond acceptors (Lipinski definition) is 2. The molecule has 0 amide bonds. The van der Waals surface area contributed by atoms with Crippen LogP contribution in [0.15, 0.2) is 71.8 Å². The number of nitrogens with zero attached hydrogens (tertiary/aromatic N) is 2. The number of rotatable bonds is 3. The maximum absolute atomic E-state index is 13.8. The van der Waals surface area contributed by atoms with E-state index in [1.54, 1.807) is 36.7 Å². The van der Waals surface area contributed by atoms with Crippen molar-refractivity contribution in [1.29, 1.82) is 0 Å². The van der Waals surface area contributed by atoms with E-state index in [9.17, 15) is 9.18 Å². The van der Waals surface area contributed by atoms with Crippen LogP contribution in [0.2, 0.25) is 0 Å². The van der Waals surface area contributed by atoms with Gasteiger partial charge in [0.2, 0.25) is 0 Å². The van der Waals surface area contributed by atoms with Crippen molar-refractivity contribution in [3.8, 4) is 11.1 Å². The SMILES string of the molecule is O=c1ccc(-c2ccc3cn[nH]c3c2)cn1Cc1ccccc1F. The lowest BCUT2D eigenvalue weighted by Crippen LogP contribution is -2.19. The largest absolute Gasteiger partial charge is 0.310 e. The molecule has 0 atom stereocenters. The fraction of sp³-hybridized carbons (Fsp3) is 0.0526. The van der Waals surface area contributed by atoms with Crippen molar-refractivity contribution < 1.29 is 4.39 Å². The van der Waals surface area contributed by atoms with E-state index in [0.717, 1.165) is 22.0 Å². The molecule has 0 saturated carbocycles. The molecule has 1 N–H and O–H groups in total. The summed E-state index contributed by atoms with van der Waals surface area (Å²) in [6.45, 7) is 0.200. The number of aromatic amines is 1. The summed E-state index contributed by atoms with van der Waals surface area (Å²) in [5, 5.41) is 7.97. The number of benzene rings is 2. The van der Waals surface area contributed by atoms with Crippen molar-refractivity contribution in [1.82, 2.24) is 14.8 Å². The van der Waals surface area contributed by atoms with Crippen molar-refractivity contribution in [3.05, 3.63) is 88.7 Å². The summed E-state index contributed by atoms with van der Waals surface area (Å²) in [5.41, 5.74) is 3.11. The molecule has 0 fully saturated rings. The van der Waals surface area contributed by atoms with Crippen molar-refractivity contribution in [2.45, 2.75) is 6.54 Å². The number of nitrogens with one attached hydrogen (secondary N) is 1. The molecule has 0 aliphatic heterocycles. The standard InChI is InChI=1S/C19H14FN3O/c20-17-4-2-1-3-16(17)12-23-11-15(7-8-19(23)24)13-5-6-14-10-21-22-18(14)9-13/h1-11H,12H2,(H,21,22). The van der Waals surface area contributed by atoms with E-state index in [0.29, 0.717) is 5.56 Å². The molecule has 0 saturated heterocycles. The molecular weight excluding hydrogens is 305 g/mol. The molecule has 0 bridgehead atoms. The van der Waals surface area contributed by atoms with Crippen molar-refractivity contribution in [2.24, 2.45) is 0 Å². The predicted octanol–water partition coefficient (Wildman–Crippen LogP) is 3.58. The van der Waals surface area contributed by atoms with E-state index in [-0.39, 0.29) is 17.9 Å². The molecule has 0 radical (unpaired) electrons. The number of fused-ring (bicyclic) bond motifs is 1. The zero-order chi connectivity index (χ0) is 16.5.